The van der Waals surface area contributed by atoms with Crippen LogP contribution in [-0.2, 0) is 23.8 Å². The lowest BCUT2D eigenvalue weighted by molar-refractivity contribution is -0.175. The van der Waals surface area contributed by atoms with Crippen molar-refractivity contribution in [1.82, 2.24) is 0 Å². The third-order valence-corrected chi connectivity index (χ3v) is 11.9. The molecule has 9 atom stereocenters. The summed E-state index contributed by atoms with van der Waals surface area (Å²) in [7, 11) is 1.67. The fraction of sp³-hybridized carbons (Fsp3) is 0.862. The summed E-state index contributed by atoms with van der Waals surface area (Å²) in [5.74, 6) is 1.43. The van der Waals surface area contributed by atoms with E-state index in [4.69, 9.17) is 14.2 Å². The highest BCUT2D eigenvalue weighted by molar-refractivity contribution is 5.72. The van der Waals surface area contributed by atoms with Gasteiger partial charge in [0.1, 0.15) is 6.10 Å². The molecule has 0 unspecified atom stereocenters. The first-order chi connectivity index (χ1) is 15.9. The smallest absolute Gasteiger partial charge is 0.308 e. The van der Waals surface area contributed by atoms with Gasteiger partial charge in [-0.05, 0) is 78.9 Å². The Balaban J connectivity index is 1.47. The lowest BCUT2D eigenvalue weighted by atomic mass is 9.41. The van der Waals surface area contributed by atoms with Crippen LogP contribution in [0.5, 0.6) is 0 Å². The minimum atomic E-state index is -0.394. The van der Waals surface area contributed by atoms with Gasteiger partial charge in [0.2, 0.25) is 6.29 Å². The summed E-state index contributed by atoms with van der Waals surface area (Å²) in [6.07, 6.45) is 10.5. The second-order valence-corrected chi connectivity index (χ2v) is 13.4. The number of hydrogen-bond acceptors (Lipinski definition) is 5. The van der Waals surface area contributed by atoms with Crippen LogP contribution in [0.1, 0.15) is 92.9 Å². The topological polar surface area (TPSA) is 61.8 Å². The molecule has 0 spiro atoms. The summed E-state index contributed by atoms with van der Waals surface area (Å²) in [5.41, 5.74) is 2.18. The second kappa shape index (κ2) is 7.82. The monoisotopic (exact) mass is 472 g/mol. The van der Waals surface area contributed by atoms with E-state index in [0.29, 0.717) is 24.2 Å². The predicted octanol–water partition coefficient (Wildman–Crippen LogP) is 6.06. The first-order valence-electron chi connectivity index (χ1n) is 13.5. The van der Waals surface area contributed by atoms with E-state index in [1.807, 2.05) is 0 Å². The molecule has 0 amide bonds. The van der Waals surface area contributed by atoms with Crippen molar-refractivity contribution in [2.24, 2.45) is 45.3 Å². The number of carbonyl (C=O) groups excluding carboxylic acids is 2. The van der Waals surface area contributed by atoms with Crippen LogP contribution in [0.15, 0.2) is 11.6 Å². The number of rotatable bonds is 3. The maximum atomic E-state index is 12.2. The third-order valence-electron chi connectivity index (χ3n) is 11.9. The molecule has 190 valence electrons. The van der Waals surface area contributed by atoms with Crippen LogP contribution in [0, 0.1) is 45.3 Å². The number of ether oxygens (including phenoxy) is 3. The molecule has 0 aromatic rings. The van der Waals surface area contributed by atoms with Crippen LogP contribution >= 0.6 is 0 Å². The molecule has 34 heavy (non-hydrogen) atoms. The molecular formula is C29H44O5. The minimum Gasteiger partial charge on any atom is -0.462 e. The molecule has 5 heteroatoms. The van der Waals surface area contributed by atoms with Crippen molar-refractivity contribution in [1.29, 1.82) is 0 Å². The van der Waals surface area contributed by atoms with Gasteiger partial charge in [-0.15, -0.1) is 0 Å². The third kappa shape index (κ3) is 3.14. The van der Waals surface area contributed by atoms with E-state index < -0.39 is 6.29 Å². The van der Waals surface area contributed by atoms with Crippen LogP contribution in [0.25, 0.3) is 0 Å². The number of allylic oxidation sites excluding steroid dienone is 2. The zero-order valence-corrected chi connectivity index (χ0v) is 22.2. The molecule has 5 rings (SSSR count). The number of fused-ring (bicyclic) bond motifs is 5. The van der Waals surface area contributed by atoms with Crippen molar-refractivity contribution in [3.05, 3.63) is 11.6 Å². The molecule has 0 aromatic carbocycles. The van der Waals surface area contributed by atoms with Crippen LogP contribution in [0.3, 0.4) is 0 Å². The van der Waals surface area contributed by atoms with E-state index in [9.17, 15) is 9.59 Å². The Bertz CT molecular complexity index is 906. The average molecular weight is 473 g/mol. The summed E-state index contributed by atoms with van der Waals surface area (Å²) in [4.78, 5) is 24.0. The average Bonchev–Trinajstić information content (AvgIpc) is 3.26. The molecule has 3 saturated carbocycles. The molecular weight excluding hydrogens is 428 g/mol. The molecule has 0 N–H and O–H groups in total. The number of methoxy groups -OCH3 is 1. The standard InChI is InChI=1S/C29H44O5/c1-17(30)33-23-12-13-27(4)20-11-15-28(5)19(18-16-24(31)34-25(18)32-7)10-14-29(28,6)21(20)8-9-22(27)26(23,2)3/h8,18-20,22-23,25H,9-16H2,1-7H3/t18-,19+,20+,22+,23-,25+,27-,28+,29-/m1/s1. The molecule has 1 aliphatic heterocycles. The first kappa shape index (κ1) is 24.3. The highest BCUT2D eigenvalue weighted by atomic mass is 16.7. The van der Waals surface area contributed by atoms with Crippen molar-refractivity contribution in [3.8, 4) is 0 Å². The van der Waals surface area contributed by atoms with Gasteiger partial charge in [0.25, 0.3) is 0 Å². The normalized spacial score (nSPS) is 49.4. The SMILES string of the molecule is CO[C@H]1OC(=O)C[C@@H]1[C@@H]1CC[C@]2(C)C3=CC[C@H]4C(C)(C)[C@H](OC(C)=O)CC[C@]4(C)[C@H]3CC[C@@]12C. The van der Waals surface area contributed by atoms with Gasteiger partial charge in [-0.3, -0.25) is 9.59 Å². The van der Waals surface area contributed by atoms with Crippen LogP contribution in [0.4, 0.5) is 0 Å². The Morgan fingerprint density at radius 1 is 1.06 bits per heavy atom. The zero-order valence-electron chi connectivity index (χ0n) is 22.2. The summed E-state index contributed by atoms with van der Waals surface area (Å²) in [6, 6.07) is 0. The van der Waals surface area contributed by atoms with Crippen molar-refractivity contribution in [2.45, 2.75) is 105 Å². The maximum Gasteiger partial charge on any atom is 0.308 e. The number of esters is 2. The van der Waals surface area contributed by atoms with Crippen molar-refractivity contribution < 1.29 is 23.8 Å². The van der Waals surface area contributed by atoms with Crippen LogP contribution in [0.2, 0.25) is 0 Å². The highest BCUT2D eigenvalue weighted by Crippen LogP contribution is 2.73. The molecule has 5 aliphatic rings. The second-order valence-electron chi connectivity index (χ2n) is 13.4. The predicted molar refractivity (Wildman–Crippen MR) is 130 cm³/mol. The van der Waals surface area contributed by atoms with E-state index in [1.165, 1.54) is 19.3 Å². The van der Waals surface area contributed by atoms with Crippen molar-refractivity contribution >= 4 is 11.9 Å². The van der Waals surface area contributed by atoms with Gasteiger partial charge in [0.15, 0.2) is 0 Å². The molecule has 0 radical (unpaired) electrons. The van der Waals surface area contributed by atoms with E-state index >= 15 is 0 Å². The van der Waals surface area contributed by atoms with Crippen molar-refractivity contribution in [3.63, 3.8) is 0 Å². The van der Waals surface area contributed by atoms with Gasteiger partial charge in [-0.2, -0.15) is 0 Å². The summed E-state index contributed by atoms with van der Waals surface area (Å²) < 4.78 is 17.0. The molecule has 4 fully saturated rings. The van der Waals surface area contributed by atoms with E-state index in [1.54, 1.807) is 19.6 Å². The van der Waals surface area contributed by atoms with Gasteiger partial charge in [0, 0.05) is 25.4 Å². The van der Waals surface area contributed by atoms with Gasteiger partial charge < -0.3 is 14.2 Å². The quantitative estimate of drug-likeness (QED) is 0.369. The van der Waals surface area contributed by atoms with Crippen LogP contribution < -0.4 is 0 Å². The maximum absolute atomic E-state index is 12.2. The number of hydrogen-bond donors (Lipinski definition) is 0. The molecule has 1 saturated heterocycles. The largest absolute Gasteiger partial charge is 0.462 e. The Kier molecular flexibility index (Phi) is 5.60. The van der Waals surface area contributed by atoms with Gasteiger partial charge in [-0.25, -0.2) is 0 Å². The fourth-order valence-corrected chi connectivity index (χ4v) is 9.93. The molecule has 0 aromatic heterocycles. The van der Waals surface area contributed by atoms with Gasteiger partial charge in [0.05, 0.1) is 6.42 Å². The first-order valence-corrected chi connectivity index (χ1v) is 13.5. The summed E-state index contributed by atoms with van der Waals surface area (Å²) in [6.45, 7) is 13.7. The number of cyclic esters (lactones) is 1. The highest BCUT2D eigenvalue weighted by Gasteiger charge is 2.67. The molecule has 1 heterocycles. The molecule has 4 aliphatic carbocycles. The number of carbonyl (C=O) groups is 2. The summed E-state index contributed by atoms with van der Waals surface area (Å²) in [5, 5.41) is 0. The van der Waals surface area contributed by atoms with E-state index in [0.717, 1.165) is 25.7 Å². The lowest BCUT2D eigenvalue weighted by Crippen LogP contribution is -2.58. The zero-order chi connectivity index (χ0) is 24.7. The Morgan fingerprint density at radius 2 is 1.79 bits per heavy atom. The summed E-state index contributed by atoms with van der Waals surface area (Å²) >= 11 is 0. The lowest BCUT2D eigenvalue weighted by Gasteiger charge is -2.64. The molecule has 0 bridgehead atoms. The minimum absolute atomic E-state index is 0.00390. The molecule has 5 nitrogen and oxygen atoms in total. The Labute approximate surface area is 205 Å². The Hall–Kier alpha value is -1.36. The van der Waals surface area contributed by atoms with Gasteiger partial charge in [-0.1, -0.05) is 46.3 Å². The van der Waals surface area contributed by atoms with Gasteiger partial charge >= 0.3 is 11.9 Å². The van der Waals surface area contributed by atoms with Crippen LogP contribution in [-0.4, -0.2) is 31.4 Å². The van der Waals surface area contributed by atoms with E-state index in [-0.39, 0.29) is 45.6 Å². The Morgan fingerprint density at radius 3 is 2.47 bits per heavy atom. The van der Waals surface area contributed by atoms with E-state index in [2.05, 4.69) is 40.7 Å². The fourth-order valence-electron chi connectivity index (χ4n) is 9.93. The van der Waals surface area contributed by atoms with Crippen molar-refractivity contribution in [2.75, 3.05) is 7.11 Å².